The molecule has 0 aromatic heterocycles. The molecule has 9 N–H and O–H groups in total. The summed E-state index contributed by atoms with van der Waals surface area (Å²) in [4.78, 5) is 13.2. The second-order valence-corrected chi connectivity index (χ2v) is 19.3. The van der Waals surface area contributed by atoms with Gasteiger partial charge in [-0.05, 0) is 57.8 Å². The van der Waals surface area contributed by atoms with E-state index >= 15 is 0 Å². The summed E-state index contributed by atoms with van der Waals surface area (Å²) in [5.41, 5.74) is 0. The normalized spacial score (nSPS) is 26.4. The lowest BCUT2D eigenvalue weighted by Crippen LogP contribution is -2.65. The van der Waals surface area contributed by atoms with E-state index in [0.717, 1.165) is 89.9 Å². The van der Waals surface area contributed by atoms with E-state index in [2.05, 4.69) is 79.9 Å². The van der Waals surface area contributed by atoms with Crippen LogP contribution in [0.15, 0.2) is 60.8 Å². The van der Waals surface area contributed by atoms with E-state index in [0.29, 0.717) is 12.8 Å². The van der Waals surface area contributed by atoms with Gasteiger partial charge < -0.3 is 65.1 Å². The van der Waals surface area contributed by atoms with Gasteiger partial charge in [0, 0.05) is 6.42 Å². The molecule has 70 heavy (non-hydrogen) atoms. The van der Waals surface area contributed by atoms with Gasteiger partial charge in [-0.2, -0.15) is 0 Å². The third kappa shape index (κ3) is 28.2. The Bertz CT molecular complexity index is 1410. The molecule has 2 rings (SSSR count). The van der Waals surface area contributed by atoms with Gasteiger partial charge in [0.25, 0.3) is 0 Å². The molecule has 0 aromatic carbocycles. The zero-order valence-electron chi connectivity index (χ0n) is 43.2. The fourth-order valence-electron chi connectivity index (χ4n) is 8.79. The van der Waals surface area contributed by atoms with Gasteiger partial charge in [0.15, 0.2) is 12.6 Å². The maximum absolute atomic E-state index is 13.2. The average Bonchev–Trinajstić information content (AvgIpc) is 3.36. The van der Waals surface area contributed by atoms with E-state index in [1.54, 1.807) is 0 Å². The Morgan fingerprint density at radius 3 is 1.51 bits per heavy atom. The number of aliphatic hydroxyl groups excluding tert-OH is 8. The van der Waals surface area contributed by atoms with Crippen molar-refractivity contribution in [1.29, 1.82) is 0 Å². The van der Waals surface area contributed by atoms with Gasteiger partial charge >= 0.3 is 0 Å². The topological polar surface area (TPSA) is 228 Å². The minimum Gasteiger partial charge on any atom is -0.394 e. The van der Waals surface area contributed by atoms with Crippen LogP contribution in [-0.4, -0.2) is 140 Å². The molecule has 0 bridgehead atoms. The molecule has 12 unspecified atom stereocenters. The van der Waals surface area contributed by atoms with Crippen molar-refractivity contribution < 1.29 is 64.6 Å². The average molecular weight is 994 g/mol. The Hall–Kier alpha value is -2.31. The molecule has 2 saturated heterocycles. The van der Waals surface area contributed by atoms with Crippen molar-refractivity contribution in [2.45, 2.75) is 267 Å². The van der Waals surface area contributed by atoms with E-state index in [4.69, 9.17) is 18.9 Å². The summed E-state index contributed by atoms with van der Waals surface area (Å²) >= 11 is 0. The Balaban J connectivity index is 1.64. The molecule has 2 aliphatic rings. The van der Waals surface area contributed by atoms with E-state index in [1.807, 2.05) is 0 Å². The Labute approximate surface area is 422 Å². The van der Waals surface area contributed by atoms with Gasteiger partial charge in [0.1, 0.15) is 48.8 Å². The fourth-order valence-corrected chi connectivity index (χ4v) is 8.79. The van der Waals surface area contributed by atoms with E-state index in [-0.39, 0.29) is 12.5 Å². The minimum atomic E-state index is -1.78. The second kappa shape index (κ2) is 42.1. The number of unbranched alkanes of at least 4 members (excludes halogenated alkanes) is 19. The van der Waals surface area contributed by atoms with Crippen LogP contribution < -0.4 is 5.32 Å². The molecule has 406 valence electrons. The highest BCUT2D eigenvalue weighted by Gasteiger charge is 2.51. The van der Waals surface area contributed by atoms with E-state index in [9.17, 15) is 45.6 Å². The summed E-state index contributed by atoms with van der Waals surface area (Å²) in [6, 6.07) is -0.828. The molecule has 0 spiro atoms. The molecule has 2 heterocycles. The number of rotatable bonds is 42. The minimum absolute atomic E-state index is 0.215. The number of hydrogen-bond acceptors (Lipinski definition) is 13. The molecule has 14 heteroatoms. The number of ether oxygens (including phenoxy) is 4. The van der Waals surface area contributed by atoms with Gasteiger partial charge in [0.05, 0.1) is 32.0 Å². The smallest absolute Gasteiger partial charge is 0.220 e. The van der Waals surface area contributed by atoms with Gasteiger partial charge in [-0.3, -0.25) is 4.79 Å². The van der Waals surface area contributed by atoms with Gasteiger partial charge in [0.2, 0.25) is 5.91 Å². The number of allylic oxidation sites excluding steroid dienone is 10. The summed E-state index contributed by atoms with van der Waals surface area (Å²) < 4.78 is 22.7. The zero-order chi connectivity index (χ0) is 51.0. The van der Waals surface area contributed by atoms with Crippen molar-refractivity contribution in [3.63, 3.8) is 0 Å². The van der Waals surface area contributed by atoms with Crippen LogP contribution in [0.1, 0.15) is 194 Å². The van der Waals surface area contributed by atoms with Crippen molar-refractivity contribution >= 4 is 5.91 Å². The maximum atomic E-state index is 13.2. The van der Waals surface area contributed by atoms with Crippen LogP contribution in [0.2, 0.25) is 0 Å². The molecule has 12 atom stereocenters. The molecule has 0 saturated carbocycles. The molecule has 14 nitrogen and oxygen atoms in total. The third-order valence-corrected chi connectivity index (χ3v) is 13.2. The molecule has 2 fully saturated rings. The largest absolute Gasteiger partial charge is 0.394 e. The predicted octanol–water partition coefficient (Wildman–Crippen LogP) is 8.22. The standard InChI is InChI=1S/C56H99NO13/c1-3-5-7-9-11-12-13-14-15-16-17-18-19-20-21-22-23-24-25-26-27-28-29-30-31-32-34-36-38-40-48(61)57-44(45(60)39-37-35-33-10-8-6-4-2)43-67-55-53(66)51(64)54(47(42-59)69-55)70-56-52(65)50(63)49(62)46(41-58)68-56/h5,7,11-12,14-15,17-18,20-21,44-47,49-56,58-60,62-66H,3-4,6,8-10,13,16,19,22-43H2,1-2H3,(H,57,61)/b7-5-,12-11-,15-14-,18-17-,21-20-. The Morgan fingerprint density at radius 2 is 0.986 bits per heavy atom. The van der Waals surface area contributed by atoms with E-state index < -0.39 is 86.8 Å². The molecule has 0 aliphatic carbocycles. The highest BCUT2D eigenvalue weighted by Crippen LogP contribution is 2.30. The summed E-state index contributed by atoms with van der Waals surface area (Å²) in [5, 5.41) is 86.7. The predicted molar refractivity (Wildman–Crippen MR) is 277 cm³/mol. The van der Waals surface area contributed by atoms with Crippen LogP contribution in [0, 0.1) is 0 Å². The van der Waals surface area contributed by atoms with Crippen LogP contribution in [0.5, 0.6) is 0 Å². The van der Waals surface area contributed by atoms with Crippen LogP contribution in [0.3, 0.4) is 0 Å². The van der Waals surface area contributed by atoms with Gasteiger partial charge in [-0.1, -0.05) is 190 Å². The van der Waals surface area contributed by atoms with Crippen LogP contribution >= 0.6 is 0 Å². The van der Waals surface area contributed by atoms with Crippen molar-refractivity contribution in [2.24, 2.45) is 0 Å². The number of carbonyl (C=O) groups is 1. The van der Waals surface area contributed by atoms with Crippen molar-refractivity contribution in [3.8, 4) is 0 Å². The first kappa shape index (κ1) is 63.8. The van der Waals surface area contributed by atoms with Crippen molar-refractivity contribution in [3.05, 3.63) is 60.8 Å². The SMILES string of the molecule is CC/C=C\C/C=C\C/C=C\C/C=C\C/C=C\CCCCCCCCCCCCCCCC(=O)NC(COC1OC(CO)C(OC2OC(CO)C(O)C(O)C2O)C(O)C1O)C(O)CCCCCCCCC. The molecule has 0 radical (unpaired) electrons. The molecule has 1 amide bonds. The lowest BCUT2D eigenvalue weighted by Gasteiger charge is -2.46. The first-order valence-electron chi connectivity index (χ1n) is 27.5. The summed E-state index contributed by atoms with van der Waals surface area (Å²) in [5.74, 6) is -0.215. The zero-order valence-corrected chi connectivity index (χ0v) is 43.2. The van der Waals surface area contributed by atoms with Crippen molar-refractivity contribution in [2.75, 3.05) is 19.8 Å². The Morgan fingerprint density at radius 1 is 0.529 bits per heavy atom. The third-order valence-electron chi connectivity index (χ3n) is 13.2. The fraction of sp³-hybridized carbons (Fsp3) is 0.804. The van der Waals surface area contributed by atoms with Crippen molar-refractivity contribution in [1.82, 2.24) is 5.32 Å². The number of hydrogen-bond donors (Lipinski definition) is 9. The number of amides is 1. The quantitative estimate of drug-likeness (QED) is 0.0208. The Kier molecular flexibility index (Phi) is 38.4. The monoisotopic (exact) mass is 994 g/mol. The second-order valence-electron chi connectivity index (χ2n) is 19.3. The highest BCUT2D eigenvalue weighted by atomic mass is 16.7. The van der Waals surface area contributed by atoms with Gasteiger partial charge in [-0.15, -0.1) is 0 Å². The van der Waals surface area contributed by atoms with E-state index in [1.165, 1.54) is 77.0 Å². The molecular formula is C56H99NO13. The number of aliphatic hydroxyl groups is 8. The lowest BCUT2D eigenvalue weighted by molar-refractivity contribution is -0.359. The summed E-state index contributed by atoms with van der Waals surface area (Å²) in [6.07, 6.45) is 35.5. The number of nitrogens with one attached hydrogen (secondary N) is 1. The molecule has 0 aromatic rings. The van der Waals surface area contributed by atoms with Crippen LogP contribution in [-0.2, 0) is 23.7 Å². The van der Waals surface area contributed by atoms with Crippen LogP contribution in [0.4, 0.5) is 0 Å². The summed E-state index contributed by atoms with van der Waals surface area (Å²) in [7, 11) is 0. The highest BCUT2D eigenvalue weighted by molar-refractivity contribution is 5.76. The summed E-state index contributed by atoms with van der Waals surface area (Å²) in [6.45, 7) is 2.67. The molecular weight excluding hydrogens is 895 g/mol. The van der Waals surface area contributed by atoms with Crippen LogP contribution in [0.25, 0.3) is 0 Å². The number of carbonyl (C=O) groups excluding carboxylic acids is 1. The first-order valence-corrected chi connectivity index (χ1v) is 27.5. The molecule has 2 aliphatic heterocycles. The van der Waals surface area contributed by atoms with Gasteiger partial charge in [-0.25, -0.2) is 0 Å². The lowest BCUT2D eigenvalue weighted by atomic mass is 9.97. The first-order chi connectivity index (χ1) is 34.1. The maximum Gasteiger partial charge on any atom is 0.220 e.